The van der Waals surface area contributed by atoms with Crippen LogP contribution in [0.15, 0.2) is 0 Å². The van der Waals surface area contributed by atoms with Crippen LogP contribution in [-0.2, 0) is 9.47 Å². The van der Waals surface area contributed by atoms with E-state index in [9.17, 15) is 4.79 Å². The fourth-order valence-electron chi connectivity index (χ4n) is 2.68. The molecule has 2 fully saturated rings. The van der Waals surface area contributed by atoms with E-state index in [-0.39, 0.29) is 11.7 Å². The van der Waals surface area contributed by atoms with Gasteiger partial charge in [0.25, 0.3) is 0 Å². The first-order chi connectivity index (χ1) is 9.34. The van der Waals surface area contributed by atoms with Crippen molar-refractivity contribution in [3.8, 4) is 0 Å². The normalized spacial score (nSPS) is 26.9. The van der Waals surface area contributed by atoms with Crippen molar-refractivity contribution in [3.05, 3.63) is 0 Å². The van der Waals surface area contributed by atoms with Crippen molar-refractivity contribution in [2.75, 3.05) is 19.7 Å². The smallest absolute Gasteiger partial charge is 0.410 e. The molecule has 0 aromatic rings. The maximum Gasteiger partial charge on any atom is 0.410 e. The zero-order valence-electron chi connectivity index (χ0n) is 13.4. The summed E-state index contributed by atoms with van der Waals surface area (Å²) in [5, 5.41) is 0. The van der Waals surface area contributed by atoms with Crippen LogP contribution in [0.5, 0.6) is 0 Å². The van der Waals surface area contributed by atoms with Crippen LogP contribution in [0.25, 0.3) is 0 Å². The summed E-state index contributed by atoms with van der Waals surface area (Å²) in [5.74, 6) is 0.896. The van der Waals surface area contributed by atoms with E-state index in [0.29, 0.717) is 6.54 Å². The maximum atomic E-state index is 12.1. The zero-order chi connectivity index (χ0) is 14.8. The number of nitrogens with zero attached hydrogens (tertiary/aromatic N) is 1. The second kappa shape index (κ2) is 5.92. The van der Waals surface area contributed by atoms with Gasteiger partial charge in [-0.05, 0) is 46.0 Å². The number of carbonyl (C=O) groups is 1. The Balaban J connectivity index is 1.82. The fraction of sp³-hybridized carbons (Fsp3) is 0.938. The molecule has 0 radical (unpaired) electrons. The number of rotatable bonds is 5. The van der Waals surface area contributed by atoms with Crippen LogP contribution in [0.2, 0.25) is 0 Å². The van der Waals surface area contributed by atoms with Crippen LogP contribution in [0.1, 0.15) is 59.8 Å². The lowest BCUT2D eigenvalue weighted by Crippen LogP contribution is -2.40. The molecule has 1 unspecified atom stereocenters. The van der Waals surface area contributed by atoms with E-state index in [1.807, 2.05) is 20.8 Å². The van der Waals surface area contributed by atoms with Gasteiger partial charge in [-0.25, -0.2) is 4.79 Å². The molecule has 2 aliphatic rings. The minimum atomic E-state index is -0.429. The number of amides is 1. The minimum Gasteiger partial charge on any atom is -0.444 e. The standard InChI is InChI=1S/C16H29NO3/c1-5-16(19-11-8-13-6-7-13)9-10-17(12-16)14(18)20-15(2,3)4/h13H,5-12H2,1-4H3. The van der Waals surface area contributed by atoms with Crippen molar-refractivity contribution in [1.82, 2.24) is 4.90 Å². The number of hydrogen-bond donors (Lipinski definition) is 0. The molecule has 1 saturated carbocycles. The van der Waals surface area contributed by atoms with Crippen molar-refractivity contribution in [1.29, 1.82) is 0 Å². The first-order valence-electron chi connectivity index (χ1n) is 7.95. The van der Waals surface area contributed by atoms with Crippen LogP contribution < -0.4 is 0 Å². The maximum absolute atomic E-state index is 12.1. The van der Waals surface area contributed by atoms with Gasteiger partial charge in [0.05, 0.1) is 12.1 Å². The van der Waals surface area contributed by atoms with E-state index in [0.717, 1.165) is 31.9 Å². The summed E-state index contributed by atoms with van der Waals surface area (Å²) >= 11 is 0. The lowest BCUT2D eigenvalue weighted by atomic mass is 10.00. The number of hydrogen-bond acceptors (Lipinski definition) is 3. The fourth-order valence-corrected chi connectivity index (χ4v) is 2.68. The first-order valence-corrected chi connectivity index (χ1v) is 7.95. The molecule has 0 bridgehead atoms. The monoisotopic (exact) mass is 283 g/mol. The van der Waals surface area contributed by atoms with Crippen LogP contribution in [0.4, 0.5) is 4.79 Å². The molecule has 1 amide bonds. The zero-order valence-corrected chi connectivity index (χ0v) is 13.4. The van der Waals surface area contributed by atoms with Gasteiger partial charge in [0, 0.05) is 13.2 Å². The Morgan fingerprint density at radius 1 is 1.35 bits per heavy atom. The molecule has 1 saturated heterocycles. The van der Waals surface area contributed by atoms with Crippen molar-refractivity contribution in [3.63, 3.8) is 0 Å². The molecular formula is C16H29NO3. The summed E-state index contributed by atoms with van der Waals surface area (Å²) in [6, 6.07) is 0. The van der Waals surface area contributed by atoms with Gasteiger partial charge in [-0.15, -0.1) is 0 Å². The summed E-state index contributed by atoms with van der Waals surface area (Å²) in [6.07, 6.45) is 5.58. The van der Waals surface area contributed by atoms with Gasteiger partial charge in [0.2, 0.25) is 0 Å². The molecule has 1 aliphatic heterocycles. The van der Waals surface area contributed by atoms with Crippen LogP contribution in [0.3, 0.4) is 0 Å². The van der Waals surface area contributed by atoms with Crippen molar-refractivity contribution in [2.45, 2.75) is 71.0 Å². The number of likely N-dealkylation sites (tertiary alicyclic amines) is 1. The van der Waals surface area contributed by atoms with E-state index in [1.165, 1.54) is 19.3 Å². The molecule has 0 spiro atoms. The number of carbonyl (C=O) groups excluding carboxylic acids is 1. The molecule has 4 nitrogen and oxygen atoms in total. The highest BCUT2D eigenvalue weighted by Gasteiger charge is 2.41. The SMILES string of the molecule is CCC1(OCCC2CC2)CCN(C(=O)OC(C)(C)C)C1. The second-order valence-corrected chi connectivity index (χ2v) is 7.27. The van der Waals surface area contributed by atoms with E-state index in [2.05, 4.69) is 6.92 Å². The van der Waals surface area contributed by atoms with Gasteiger partial charge >= 0.3 is 6.09 Å². The van der Waals surface area contributed by atoms with Crippen LogP contribution >= 0.6 is 0 Å². The molecule has 20 heavy (non-hydrogen) atoms. The lowest BCUT2D eigenvalue weighted by Gasteiger charge is -2.29. The first kappa shape index (κ1) is 15.6. The highest BCUT2D eigenvalue weighted by atomic mass is 16.6. The van der Waals surface area contributed by atoms with Gasteiger partial charge in [-0.3, -0.25) is 0 Å². The molecule has 0 aromatic heterocycles. The highest BCUT2D eigenvalue weighted by Crippen LogP contribution is 2.34. The van der Waals surface area contributed by atoms with Crippen molar-refractivity contribution in [2.24, 2.45) is 5.92 Å². The molecule has 4 heteroatoms. The average Bonchev–Trinajstić information content (AvgIpc) is 3.05. The molecule has 0 aromatic carbocycles. The van der Waals surface area contributed by atoms with Gasteiger partial charge < -0.3 is 14.4 Å². The Kier molecular flexibility index (Phi) is 4.62. The van der Waals surface area contributed by atoms with Crippen molar-refractivity contribution < 1.29 is 14.3 Å². The van der Waals surface area contributed by atoms with Crippen LogP contribution in [0, 0.1) is 5.92 Å². The summed E-state index contributed by atoms with van der Waals surface area (Å²) in [4.78, 5) is 13.9. The average molecular weight is 283 g/mol. The lowest BCUT2D eigenvalue weighted by molar-refractivity contribution is -0.0446. The predicted molar refractivity (Wildman–Crippen MR) is 78.7 cm³/mol. The molecule has 116 valence electrons. The second-order valence-electron chi connectivity index (χ2n) is 7.27. The highest BCUT2D eigenvalue weighted by molar-refractivity contribution is 5.68. The number of ether oxygens (including phenoxy) is 2. The molecule has 1 heterocycles. The Morgan fingerprint density at radius 3 is 2.60 bits per heavy atom. The molecule has 1 aliphatic carbocycles. The molecule has 2 rings (SSSR count). The minimum absolute atomic E-state index is 0.147. The van der Waals surface area contributed by atoms with Gasteiger partial charge in [0.1, 0.15) is 5.60 Å². The topological polar surface area (TPSA) is 38.8 Å². The van der Waals surface area contributed by atoms with E-state index >= 15 is 0 Å². The van der Waals surface area contributed by atoms with Gasteiger partial charge in [-0.2, -0.15) is 0 Å². The summed E-state index contributed by atoms with van der Waals surface area (Å²) in [6.45, 7) is 10.1. The Bertz CT molecular complexity index is 346. The third kappa shape index (κ3) is 4.37. The van der Waals surface area contributed by atoms with E-state index in [4.69, 9.17) is 9.47 Å². The third-order valence-corrected chi connectivity index (χ3v) is 4.24. The summed E-state index contributed by atoms with van der Waals surface area (Å²) in [7, 11) is 0. The largest absolute Gasteiger partial charge is 0.444 e. The van der Waals surface area contributed by atoms with Gasteiger partial charge in [-0.1, -0.05) is 19.8 Å². The predicted octanol–water partition coefficient (Wildman–Crippen LogP) is 3.59. The van der Waals surface area contributed by atoms with Gasteiger partial charge in [0.15, 0.2) is 0 Å². The Labute approximate surface area is 122 Å². The van der Waals surface area contributed by atoms with E-state index < -0.39 is 5.60 Å². The third-order valence-electron chi connectivity index (χ3n) is 4.24. The Morgan fingerprint density at radius 2 is 2.05 bits per heavy atom. The van der Waals surface area contributed by atoms with Crippen molar-refractivity contribution >= 4 is 6.09 Å². The summed E-state index contributed by atoms with van der Waals surface area (Å²) < 4.78 is 11.6. The molecular weight excluding hydrogens is 254 g/mol. The molecule has 1 atom stereocenters. The van der Waals surface area contributed by atoms with Crippen LogP contribution in [-0.4, -0.2) is 41.9 Å². The Hall–Kier alpha value is -0.770. The molecule has 0 N–H and O–H groups in total. The quantitative estimate of drug-likeness (QED) is 0.774. The summed E-state index contributed by atoms with van der Waals surface area (Å²) in [5.41, 5.74) is -0.576. The van der Waals surface area contributed by atoms with E-state index in [1.54, 1.807) is 4.90 Å².